The van der Waals surface area contributed by atoms with Crippen LogP contribution < -0.4 is 0 Å². The molecule has 0 aliphatic rings. The molecule has 0 spiro atoms. The van der Waals surface area contributed by atoms with Gasteiger partial charge in [-0.05, 0) is 12.1 Å². The van der Waals surface area contributed by atoms with Crippen molar-refractivity contribution in [3.8, 4) is 5.75 Å². The van der Waals surface area contributed by atoms with Crippen molar-refractivity contribution < 1.29 is 24.2 Å². The Balaban J connectivity index is 2.36. The third-order valence-corrected chi connectivity index (χ3v) is 2.87. The molecule has 6 heteroatoms. The maximum absolute atomic E-state index is 11.2. The van der Waals surface area contributed by atoms with E-state index in [1.807, 2.05) is 0 Å². The minimum absolute atomic E-state index is 0.0535. The van der Waals surface area contributed by atoms with E-state index in [9.17, 15) is 14.7 Å². The van der Waals surface area contributed by atoms with Crippen molar-refractivity contribution in [2.75, 3.05) is 6.61 Å². The molecule has 1 aromatic carbocycles. The average molecular weight is 289 g/mol. The Morgan fingerprint density at radius 2 is 2.14 bits per heavy atom. The van der Waals surface area contributed by atoms with E-state index in [4.69, 9.17) is 9.47 Å². The molecule has 1 heterocycles. The van der Waals surface area contributed by atoms with Crippen LogP contribution in [0.1, 0.15) is 13.2 Å². The first-order valence-corrected chi connectivity index (χ1v) is 6.28. The molecule has 0 saturated heterocycles. The van der Waals surface area contributed by atoms with Crippen LogP contribution in [0.25, 0.3) is 10.9 Å². The van der Waals surface area contributed by atoms with Crippen molar-refractivity contribution in [1.29, 1.82) is 0 Å². The molecular weight excluding hydrogens is 274 g/mol. The smallest absolute Gasteiger partial charge is 0.330 e. The van der Waals surface area contributed by atoms with Gasteiger partial charge in [-0.3, -0.25) is 4.79 Å². The second-order valence-electron chi connectivity index (χ2n) is 4.34. The Kier molecular flexibility index (Phi) is 4.27. The number of benzene rings is 1. The number of hydrogen-bond donors (Lipinski definition) is 1. The van der Waals surface area contributed by atoms with Crippen LogP contribution in [0.3, 0.4) is 0 Å². The summed E-state index contributed by atoms with van der Waals surface area (Å²) in [4.78, 5) is 22.4. The van der Waals surface area contributed by atoms with Crippen LogP contribution in [0.5, 0.6) is 5.75 Å². The number of hydrogen-bond acceptors (Lipinski definition) is 5. The number of aromatic hydroxyl groups is 1. The highest BCUT2D eigenvalue weighted by Gasteiger charge is 2.20. The van der Waals surface area contributed by atoms with Gasteiger partial charge < -0.3 is 19.1 Å². The Morgan fingerprint density at radius 3 is 2.81 bits per heavy atom. The number of esters is 2. The quantitative estimate of drug-likeness (QED) is 0.674. The molecule has 0 aliphatic heterocycles. The van der Waals surface area contributed by atoms with Crippen LogP contribution in [0.2, 0.25) is 0 Å². The first-order valence-electron chi connectivity index (χ1n) is 6.28. The lowest BCUT2D eigenvalue weighted by molar-refractivity contribution is -0.160. The highest BCUT2D eigenvalue weighted by atomic mass is 16.6. The number of fused-ring (bicyclic) bond motifs is 1. The van der Waals surface area contributed by atoms with Gasteiger partial charge in [0.05, 0.1) is 11.7 Å². The van der Waals surface area contributed by atoms with E-state index < -0.39 is 18.2 Å². The average Bonchev–Trinajstić information content (AvgIpc) is 2.80. The molecule has 1 atom stereocenters. The van der Waals surface area contributed by atoms with E-state index in [0.717, 1.165) is 6.08 Å². The molecular formula is C15H15NO5. The molecule has 21 heavy (non-hydrogen) atoms. The van der Waals surface area contributed by atoms with Gasteiger partial charge in [-0.2, -0.15) is 0 Å². The Hall–Kier alpha value is -2.76. The number of ether oxygens (including phenoxy) is 2. The molecule has 2 rings (SSSR count). The van der Waals surface area contributed by atoms with Crippen LogP contribution >= 0.6 is 0 Å². The minimum Gasteiger partial charge on any atom is -0.506 e. The van der Waals surface area contributed by atoms with Crippen LogP contribution in [-0.2, 0) is 19.1 Å². The van der Waals surface area contributed by atoms with Gasteiger partial charge in [-0.15, -0.1) is 0 Å². The molecule has 6 nitrogen and oxygen atoms in total. The molecule has 0 saturated carbocycles. The number of para-hydroxylation sites is 1. The van der Waals surface area contributed by atoms with Gasteiger partial charge in [-0.1, -0.05) is 18.7 Å². The largest absolute Gasteiger partial charge is 0.506 e. The van der Waals surface area contributed by atoms with Crippen molar-refractivity contribution in [1.82, 2.24) is 4.57 Å². The van der Waals surface area contributed by atoms with E-state index in [-0.39, 0.29) is 12.4 Å². The predicted octanol–water partition coefficient (Wildman–Crippen LogP) is 2.14. The number of aromatic nitrogens is 1. The molecule has 0 aliphatic carbocycles. The van der Waals surface area contributed by atoms with Gasteiger partial charge in [0.25, 0.3) is 0 Å². The summed E-state index contributed by atoms with van der Waals surface area (Å²) in [7, 11) is 0. The zero-order valence-corrected chi connectivity index (χ0v) is 11.5. The van der Waals surface area contributed by atoms with Crippen LogP contribution in [0, 0.1) is 0 Å². The van der Waals surface area contributed by atoms with Crippen molar-refractivity contribution in [3.63, 3.8) is 0 Å². The predicted molar refractivity (Wildman–Crippen MR) is 75.6 cm³/mol. The van der Waals surface area contributed by atoms with Crippen LogP contribution in [0.4, 0.5) is 0 Å². The number of carbonyl (C=O) groups excluding carboxylic acids is 2. The molecule has 1 N–H and O–H groups in total. The maximum atomic E-state index is 11.2. The summed E-state index contributed by atoms with van der Waals surface area (Å²) >= 11 is 0. The van der Waals surface area contributed by atoms with E-state index in [0.29, 0.717) is 10.9 Å². The lowest BCUT2D eigenvalue weighted by atomic mass is 10.2. The number of carbonyl (C=O) groups is 2. The standard InChI is InChI=1S/C15H15NO5/c1-3-15(19)20-9-14(21-10(2)17)16-8-13(18)11-6-4-5-7-12(11)16/h3-8,14,18H,1,9H2,2H3. The third kappa shape index (κ3) is 3.22. The molecule has 0 radical (unpaired) electrons. The van der Waals surface area contributed by atoms with Crippen LogP contribution in [-0.4, -0.2) is 28.2 Å². The van der Waals surface area contributed by atoms with E-state index in [1.54, 1.807) is 28.8 Å². The van der Waals surface area contributed by atoms with Crippen LogP contribution in [0.15, 0.2) is 43.1 Å². The van der Waals surface area contributed by atoms with Crippen molar-refractivity contribution >= 4 is 22.8 Å². The Labute approximate surface area is 121 Å². The summed E-state index contributed by atoms with van der Waals surface area (Å²) in [6, 6.07) is 7.08. The normalized spacial score (nSPS) is 11.9. The Bertz CT molecular complexity index is 688. The molecule has 0 fully saturated rings. The molecule has 2 aromatic rings. The van der Waals surface area contributed by atoms with Gasteiger partial charge in [0.1, 0.15) is 12.4 Å². The first kappa shape index (κ1) is 14.6. The van der Waals surface area contributed by atoms with Gasteiger partial charge >= 0.3 is 11.9 Å². The molecule has 1 aromatic heterocycles. The van der Waals surface area contributed by atoms with Gasteiger partial charge in [0.15, 0.2) is 0 Å². The fourth-order valence-corrected chi connectivity index (χ4v) is 2.00. The highest BCUT2D eigenvalue weighted by molar-refractivity contribution is 5.86. The summed E-state index contributed by atoms with van der Waals surface area (Å²) in [5.74, 6) is -1.09. The summed E-state index contributed by atoms with van der Waals surface area (Å²) in [6.07, 6.45) is 1.59. The summed E-state index contributed by atoms with van der Waals surface area (Å²) in [6.45, 7) is 4.38. The summed E-state index contributed by atoms with van der Waals surface area (Å²) in [5, 5.41) is 10.5. The monoisotopic (exact) mass is 289 g/mol. The third-order valence-electron chi connectivity index (χ3n) is 2.87. The summed E-state index contributed by atoms with van der Waals surface area (Å²) in [5.41, 5.74) is 0.663. The minimum atomic E-state index is -0.864. The van der Waals surface area contributed by atoms with Crippen molar-refractivity contribution in [3.05, 3.63) is 43.1 Å². The highest BCUT2D eigenvalue weighted by Crippen LogP contribution is 2.29. The molecule has 0 bridgehead atoms. The molecule has 110 valence electrons. The van der Waals surface area contributed by atoms with Gasteiger partial charge in [0.2, 0.25) is 6.23 Å². The number of nitrogens with zero attached hydrogens (tertiary/aromatic N) is 1. The zero-order valence-electron chi connectivity index (χ0n) is 11.5. The van der Waals surface area contributed by atoms with Crippen molar-refractivity contribution in [2.45, 2.75) is 13.2 Å². The number of rotatable bonds is 5. The second kappa shape index (κ2) is 6.13. The SMILES string of the molecule is C=CC(=O)OCC(OC(C)=O)n1cc(O)c2ccccc21. The van der Waals surface area contributed by atoms with Gasteiger partial charge in [0, 0.05) is 18.4 Å². The topological polar surface area (TPSA) is 77.8 Å². The lowest BCUT2D eigenvalue weighted by Crippen LogP contribution is -2.21. The molecule has 0 amide bonds. The lowest BCUT2D eigenvalue weighted by Gasteiger charge is -2.19. The maximum Gasteiger partial charge on any atom is 0.330 e. The van der Waals surface area contributed by atoms with E-state index in [1.165, 1.54) is 13.1 Å². The zero-order chi connectivity index (χ0) is 15.4. The van der Waals surface area contributed by atoms with E-state index in [2.05, 4.69) is 6.58 Å². The van der Waals surface area contributed by atoms with Gasteiger partial charge in [-0.25, -0.2) is 4.79 Å². The van der Waals surface area contributed by atoms with E-state index >= 15 is 0 Å². The summed E-state index contributed by atoms with van der Waals surface area (Å²) < 4.78 is 11.6. The fraction of sp³-hybridized carbons (Fsp3) is 0.200. The van der Waals surface area contributed by atoms with Crippen molar-refractivity contribution in [2.24, 2.45) is 0 Å². The molecule has 1 unspecified atom stereocenters. The Morgan fingerprint density at radius 1 is 1.43 bits per heavy atom. The fourth-order valence-electron chi connectivity index (χ4n) is 2.00. The second-order valence-corrected chi connectivity index (χ2v) is 4.34. The first-order chi connectivity index (χ1) is 10.0.